The second-order valence-electron chi connectivity index (χ2n) is 7.98. The Hall–Kier alpha value is -1.80. The maximum absolute atomic E-state index is 3.61. The van der Waals surface area contributed by atoms with Crippen molar-refractivity contribution in [1.29, 1.82) is 0 Å². The Morgan fingerprint density at radius 3 is 1.13 bits per heavy atom. The fraction of sp³-hybridized carbons (Fsp3) is 0.500. The SMILES string of the molecule is C[C@@H](c1ccccc1)N1CNCCNCN([C@@H](C)c2ccccc2)CNCCNC1. The Bertz CT molecular complexity index is 618. The van der Waals surface area contributed by atoms with Gasteiger partial charge in [-0.15, -0.1) is 0 Å². The van der Waals surface area contributed by atoms with Gasteiger partial charge in [0.05, 0.1) is 0 Å². The highest BCUT2D eigenvalue weighted by Gasteiger charge is 2.17. The molecule has 3 rings (SSSR count). The van der Waals surface area contributed by atoms with Gasteiger partial charge in [0.15, 0.2) is 0 Å². The standard InChI is InChI=1S/C24H38N6/c1-21(23-9-5-3-6-10-23)29-17-25-13-15-27-19-30(20-28-16-14-26-18-29)22(2)24-11-7-4-8-12-24/h3-12,21-22,25-28H,13-20H2,1-2H3/t21-,22-/m0/s1. The zero-order chi connectivity index (χ0) is 21.0. The van der Waals surface area contributed by atoms with Crippen molar-refractivity contribution < 1.29 is 0 Å². The Labute approximate surface area is 182 Å². The molecular weight excluding hydrogens is 372 g/mol. The number of nitrogens with zero attached hydrogens (tertiary/aromatic N) is 2. The fourth-order valence-corrected chi connectivity index (χ4v) is 3.79. The van der Waals surface area contributed by atoms with Crippen LogP contribution < -0.4 is 21.3 Å². The molecule has 1 saturated heterocycles. The minimum absolute atomic E-state index is 0.363. The molecule has 0 radical (unpaired) electrons. The lowest BCUT2D eigenvalue weighted by molar-refractivity contribution is 0.163. The summed E-state index contributed by atoms with van der Waals surface area (Å²) in [5.74, 6) is 0. The maximum atomic E-state index is 3.61. The van der Waals surface area contributed by atoms with Crippen LogP contribution in [0.3, 0.4) is 0 Å². The van der Waals surface area contributed by atoms with Gasteiger partial charge >= 0.3 is 0 Å². The summed E-state index contributed by atoms with van der Waals surface area (Å²) in [6.45, 7) is 11.8. The van der Waals surface area contributed by atoms with E-state index in [0.717, 1.165) is 52.9 Å². The van der Waals surface area contributed by atoms with Crippen LogP contribution in [0.25, 0.3) is 0 Å². The number of nitrogens with one attached hydrogen (secondary N) is 4. The molecule has 6 heteroatoms. The molecule has 1 fully saturated rings. The largest absolute Gasteiger partial charge is 0.303 e. The van der Waals surface area contributed by atoms with Crippen LogP contribution >= 0.6 is 0 Å². The van der Waals surface area contributed by atoms with E-state index >= 15 is 0 Å². The van der Waals surface area contributed by atoms with Gasteiger partial charge < -0.3 is 21.3 Å². The van der Waals surface area contributed by atoms with Crippen molar-refractivity contribution in [3.63, 3.8) is 0 Å². The van der Waals surface area contributed by atoms with Gasteiger partial charge in [-0.2, -0.15) is 0 Å². The first kappa shape index (κ1) is 22.9. The lowest BCUT2D eigenvalue weighted by atomic mass is 10.1. The zero-order valence-corrected chi connectivity index (χ0v) is 18.5. The normalized spacial score (nSPS) is 20.9. The van der Waals surface area contributed by atoms with Gasteiger partial charge in [-0.3, -0.25) is 9.80 Å². The summed E-state index contributed by atoms with van der Waals surface area (Å²) in [6, 6.07) is 22.2. The summed E-state index contributed by atoms with van der Waals surface area (Å²) in [5, 5.41) is 14.4. The van der Waals surface area contributed by atoms with Gasteiger partial charge in [0.2, 0.25) is 0 Å². The van der Waals surface area contributed by atoms with E-state index < -0.39 is 0 Å². The van der Waals surface area contributed by atoms with Gasteiger partial charge in [0.25, 0.3) is 0 Å². The monoisotopic (exact) mass is 410 g/mol. The molecule has 2 aromatic carbocycles. The molecule has 0 aliphatic carbocycles. The van der Waals surface area contributed by atoms with Crippen molar-refractivity contribution in [1.82, 2.24) is 31.1 Å². The highest BCUT2D eigenvalue weighted by molar-refractivity contribution is 5.19. The highest BCUT2D eigenvalue weighted by Crippen LogP contribution is 2.19. The average Bonchev–Trinajstić information content (AvgIpc) is 2.80. The third-order valence-corrected chi connectivity index (χ3v) is 5.88. The maximum Gasteiger partial charge on any atom is 0.0499 e. The first-order valence-electron chi connectivity index (χ1n) is 11.2. The molecule has 0 spiro atoms. The third kappa shape index (κ3) is 7.16. The Morgan fingerprint density at radius 1 is 0.533 bits per heavy atom. The zero-order valence-electron chi connectivity index (χ0n) is 18.5. The van der Waals surface area contributed by atoms with Gasteiger partial charge in [-0.25, -0.2) is 0 Å². The van der Waals surface area contributed by atoms with E-state index in [2.05, 4.69) is 106 Å². The average molecular weight is 411 g/mol. The molecule has 4 N–H and O–H groups in total. The van der Waals surface area contributed by atoms with Crippen LogP contribution in [0.5, 0.6) is 0 Å². The molecule has 6 nitrogen and oxygen atoms in total. The minimum Gasteiger partial charge on any atom is -0.303 e. The number of hydrogen-bond acceptors (Lipinski definition) is 6. The molecule has 0 unspecified atom stereocenters. The molecule has 0 saturated carbocycles. The number of benzene rings is 2. The van der Waals surface area contributed by atoms with Gasteiger partial charge in [-0.05, 0) is 25.0 Å². The smallest absolute Gasteiger partial charge is 0.0499 e. The number of rotatable bonds is 4. The summed E-state index contributed by atoms with van der Waals surface area (Å²) in [7, 11) is 0. The van der Waals surface area contributed by atoms with Crippen molar-refractivity contribution >= 4 is 0 Å². The molecule has 1 aliphatic rings. The predicted octanol–water partition coefficient (Wildman–Crippen LogP) is 2.31. The summed E-state index contributed by atoms with van der Waals surface area (Å²) in [4.78, 5) is 4.90. The predicted molar refractivity (Wildman–Crippen MR) is 125 cm³/mol. The molecule has 164 valence electrons. The second kappa shape index (κ2) is 12.8. The van der Waals surface area contributed by atoms with E-state index in [4.69, 9.17) is 0 Å². The number of hydrogen-bond donors (Lipinski definition) is 4. The van der Waals surface area contributed by atoms with Crippen LogP contribution in [-0.4, -0.2) is 62.7 Å². The van der Waals surface area contributed by atoms with Crippen LogP contribution in [-0.2, 0) is 0 Å². The first-order chi connectivity index (χ1) is 14.8. The van der Waals surface area contributed by atoms with Crippen LogP contribution in [0.15, 0.2) is 60.7 Å². The van der Waals surface area contributed by atoms with Crippen LogP contribution in [0.4, 0.5) is 0 Å². The molecule has 0 amide bonds. The van der Waals surface area contributed by atoms with Gasteiger partial charge in [0, 0.05) is 64.9 Å². The molecule has 0 aromatic heterocycles. The van der Waals surface area contributed by atoms with Gasteiger partial charge in [0.1, 0.15) is 0 Å². The van der Waals surface area contributed by atoms with E-state index in [0.29, 0.717) is 12.1 Å². The van der Waals surface area contributed by atoms with Crippen LogP contribution in [0, 0.1) is 0 Å². The van der Waals surface area contributed by atoms with E-state index in [1.165, 1.54) is 11.1 Å². The molecule has 1 aliphatic heterocycles. The first-order valence-corrected chi connectivity index (χ1v) is 11.2. The van der Waals surface area contributed by atoms with Crippen molar-refractivity contribution in [2.24, 2.45) is 0 Å². The van der Waals surface area contributed by atoms with Crippen LogP contribution in [0.1, 0.15) is 37.1 Å². The molecule has 0 bridgehead atoms. The van der Waals surface area contributed by atoms with E-state index in [1.807, 2.05) is 0 Å². The van der Waals surface area contributed by atoms with E-state index in [1.54, 1.807) is 0 Å². The lowest BCUT2D eigenvalue weighted by Crippen LogP contribution is -2.48. The van der Waals surface area contributed by atoms with Gasteiger partial charge in [-0.1, -0.05) is 60.7 Å². The molecule has 1 heterocycles. The van der Waals surface area contributed by atoms with E-state index in [9.17, 15) is 0 Å². The summed E-state index contributed by atoms with van der Waals surface area (Å²) >= 11 is 0. The molecule has 2 aromatic rings. The van der Waals surface area contributed by atoms with Crippen LogP contribution in [0.2, 0.25) is 0 Å². The quantitative estimate of drug-likeness (QED) is 0.621. The topological polar surface area (TPSA) is 54.6 Å². The van der Waals surface area contributed by atoms with Crippen molar-refractivity contribution in [3.8, 4) is 0 Å². The molecule has 2 atom stereocenters. The Kier molecular flexibility index (Phi) is 9.76. The third-order valence-electron chi connectivity index (χ3n) is 5.88. The Balaban J connectivity index is 1.53. The highest BCUT2D eigenvalue weighted by atomic mass is 15.3. The summed E-state index contributed by atoms with van der Waals surface area (Å²) < 4.78 is 0. The molecular formula is C24H38N6. The summed E-state index contributed by atoms with van der Waals surface area (Å²) in [6.07, 6.45) is 0. The minimum atomic E-state index is 0.363. The van der Waals surface area contributed by atoms with Crippen molar-refractivity contribution in [2.45, 2.75) is 25.9 Å². The van der Waals surface area contributed by atoms with E-state index in [-0.39, 0.29) is 0 Å². The summed E-state index contributed by atoms with van der Waals surface area (Å²) in [5.41, 5.74) is 2.70. The fourth-order valence-electron chi connectivity index (χ4n) is 3.79. The Morgan fingerprint density at radius 2 is 0.833 bits per heavy atom. The molecule has 30 heavy (non-hydrogen) atoms. The van der Waals surface area contributed by atoms with Crippen molar-refractivity contribution in [3.05, 3.63) is 71.8 Å². The lowest BCUT2D eigenvalue weighted by Gasteiger charge is -2.32. The van der Waals surface area contributed by atoms with Crippen molar-refractivity contribution in [2.75, 3.05) is 52.9 Å². The second-order valence-corrected chi connectivity index (χ2v) is 7.98.